The SMILES string of the molecule is OCC(O)CON(c1ccc(I)cc1F)c1ccc(Br)c(F)c1F. The number of hydrogen-bond donors (Lipinski definition) is 2. The van der Waals surface area contributed by atoms with E-state index in [0.29, 0.717) is 3.57 Å². The van der Waals surface area contributed by atoms with Gasteiger partial charge < -0.3 is 10.2 Å². The lowest BCUT2D eigenvalue weighted by Crippen LogP contribution is -2.28. The smallest absolute Gasteiger partial charge is 0.186 e. The predicted octanol–water partition coefficient (Wildman–Crippen LogP) is 3.89. The molecule has 4 nitrogen and oxygen atoms in total. The molecule has 9 heteroatoms. The number of nitrogens with zero attached hydrogens (tertiary/aromatic N) is 1. The van der Waals surface area contributed by atoms with Crippen LogP contribution >= 0.6 is 38.5 Å². The molecule has 0 aliphatic rings. The van der Waals surface area contributed by atoms with E-state index in [4.69, 9.17) is 9.94 Å². The summed E-state index contributed by atoms with van der Waals surface area (Å²) in [6.45, 7) is -1.04. The minimum absolute atomic E-state index is 0.0952. The molecule has 0 saturated heterocycles. The van der Waals surface area contributed by atoms with Crippen molar-refractivity contribution in [3.8, 4) is 0 Å². The molecule has 2 aromatic rings. The molecular weight excluding hydrogens is 506 g/mol. The third kappa shape index (κ3) is 4.39. The van der Waals surface area contributed by atoms with E-state index in [1.165, 1.54) is 24.3 Å². The van der Waals surface area contributed by atoms with Crippen LogP contribution in [0.4, 0.5) is 24.5 Å². The fourth-order valence-electron chi connectivity index (χ4n) is 1.80. The van der Waals surface area contributed by atoms with Gasteiger partial charge >= 0.3 is 0 Å². The molecule has 2 aromatic carbocycles. The first-order valence-corrected chi connectivity index (χ1v) is 8.52. The highest BCUT2D eigenvalue weighted by Gasteiger charge is 2.23. The Labute approximate surface area is 158 Å². The highest BCUT2D eigenvalue weighted by molar-refractivity contribution is 14.1. The molecule has 1 atom stereocenters. The van der Waals surface area contributed by atoms with Crippen LogP contribution in [0.5, 0.6) is 0 Å². The molecule has 130 valence electrons. The third-order valence-corrected chi connectivity index (χ3v) is 4.25. The van der Waals surface area contributed by atoms with Gasteiger partial charge in [-0.15, -0.1) is 0 Å². The van der Waals surface area contributed by atoms with Crippen molar-refractivity contribution in [2.24, 2.45) is 0 Å². The zero-order valence-corrected chi connectivity index (χ0v) is 15.8. The van der Waals surface area contributed by atoms with Gasteiger partial charge in [0.1, 0.15) is 29.9 Å². The molecule has 24 heavy (non-hydrogen) atoms. The van der Waals surface area contributed by atoms with Gasteiger partial charge in [-0.1, -0.05) is 0 Å². The zero-order valence-electron chi connectivity index (χ0n) is 12.0. The van der Waals surface area contributed by atoms with E-state index < -0.39 is 36.8 Å². The molecule has 0 fully saturated rings. The van der Waals surface area contributed by atoms with Crippen LogP contribution in [0.3, 0.4) is 0 Å². The van der Waals surface area contributed by atoms with E-state index >= 15 is 0 Å². The van der Waals surface area contributed by atoms with Crippen molar-refractivity contribution in [1.29, 1.82) is 0 Å². The Kier molecular flexibility index (Phi) is 6.87. The first-order chi connectivity index (χ1) is 11.3. The van der Waals surface area contributed by atoms with E-state index in [-0.39, 0.29) is 15.8 Å². The summed E-state index contributed by atoms with van der Waals surface area (Å²) in [6.07, 6.45) is -1.26. The third-order valence-electron chi connectivity index (χ3n) is 2.97. The molecule has 0 heterocycles. The van der Waals surface area contributed by atoms with Crippen LogP contribution < -0.4 is 5.06 Å². The molecule has 0 radical (unpaired) electrons. The van der Waals surface area contributed by atoms with Gasteiger partial charge in [0.05, 0.1) is 11.1 Å². The minimum Gasteiger partial charge on any atom is -0.394 e. The van der Waals surface area contributed by atoms with Crippen LogP contribution in [0.1, 0.15) is 0 Å². The lowest BCUT2D eigenvalue weighted by atomic mass is 10.2. The average Bonchev–Trinajstić information content (AvgIpc) is 2.55. The molecule has 0 spiro atoms. The molecule has 0 saturated carbocycles. The molecule has 0 bridgehead atoms. The molecular formula is C15H12BrF3INO3. The van der Waals surface area contributed by atoms with E-state index in [1.54, 1.807) is 6.07 Å². The van der Waals surface area contributed by atoms with Gasteiger partial charge in [0.2, 0.25) is 0 Å². The van der Waals surface area contributed by atoms with Gasteiger partial charge in [0, 0.05) is 3.57 Å². The summed E-state index contributed by atoms with van der Waals surface area (Å²) in [5, 5.41) is 19.0. The molecule has 1 unspecified atom stereocenters. The Morgan fingerprint density at radius 2 is 1.79 bits per heavy atom. The number of aliphatic hydroxyl groups excluding tert-OH is 2. The lowest BCUT2D eigenvalue weighted by molar-refractivity contribution is 0.00523. The quantitative estimate of drug-likeness (QED) is 0.347. The van der Waals surface area contributed by atoms with Crippen molar-refractivity contribution in [2.45, 2.75) is 6.10 Å². The molecule has 0 aromatic heterocycles. The summed E-state index contributed by atoms with van der Waals surface area (Å²) in [5.74, 6) is -3.13. The Bertz CT molecular complexity index is 735. The normalized spacial score (nSPS) is 12.3. The van der Waals surface area contributed by atoms with E-state index in [9.17, 15) is 18.3 Å². The summed E-state index contributed by atoms with van der Waals surface area (Å²) >= 11 is 4.76. The number of benzene rings is 2. The summed E-state index contributed by atoms with van der Waals surface area (Å²) in [4.78, 5) is 5.22. The fourth-order valence-corrected chi connectivity index (χ4v) is 2.56. The fraction of sp³-hybridized carbons (Fsp3) is 0.200. The molecule has 0 aliphatic heterocycles. The molecule has 0 aliphatic carbocycles. The lowest BCUT2D eigenvalue weighted by Gasteiger charge is -2.26. The van der Waals surface area contributed by atoms with Gasteiger partial charge in [-0.05, 0) is 68.9 Å². The van der Waals surface area contributed by atoms with Gasteiger partial charge in [-0.25, -0.2) is 18.2 Å². The van der Waals surface area contributed by atoms with Crippen LogP contribution in [-0.4, -0.2) is 29.5 Å². The van der Waals surface area contributed by atoms with E-state index in [2.05, 4.69) is 15.9 Å². The van der Waals surface area contributed by atoms with Crippen molar-refractivity contribution < 1.29 is 28.2 Å². The highest BCUT2D eigenvalue weighted by Crippen LogP contribution is 2.34. The summed E-state index contributed by atoms with van der Waals surface area (Å²) in [7, 11) is 0. The number of hydrogen-bond acceptors (Lipinski definition) is 4. The van der Waals surface area contributed by atoms with Gasteiger partial charge in [0.25, 0.3) is 0 Å². The number of anilines is 2. The number of rotatable bonds is 6. The second-order valence-corrected chi connectivity index (χ2v) is 6.82. The molecule has 2 rings (SSSR count). The zero-order chi connectivity index (χ0) is 17.9. The topological polar surface area (TPSA) is 52.9 Å². The van der Waals surface area contributed by atoms with E-state index in [1.807, 2.05) is 22.6 Å². The summed E-state index contributed by atoms with van der Waals surface area (Å²) in [5.41, 5.74) is -0.540. The number of aliphatic hydroxyl groups is 2. The Balaban J connectivity index is 2.48. The average molecular weight is 518 g/mol. The van der Waals surface area contributed by atoms with Crippen molar-refractivity contribution in [1.82, 2.24) is 0 Å². The van der Waals surface area contributed by atoms with Crippen LogP contribution in [0.15, 0.2) is 34.8 Å². The minimum atomic E-state index is -1.26. The van der Waals surface area contributed by atoms with Gasteiger partial charge in [-0.2, -0.15) is 0 Å². The molecule has 2 N–H and O–H groups in total. The second kappa shape index (κ2) is 8.48. The maximum atomic E-state index is 14.3. The predicted molar refractivity (Wildman–Crippen MR) is 94.4 cm³/mol. The van der Waals surface area contributed by atoms with Crippen molar-refractivity contribution in [2.75, 3.05) is 18.3 Å². The molecule has 0 amide bonds. The van der Waals surface area contributed by atoms with Crippen LogP contribution in [-0.2, 0) is 4.84 Å². The van der Waals surface area contributed by atoms with Crippen molar-refractivity contribution in [3.05, 3.63) is 55.8 Å². The second-order valence-electron chi connectivity index (χ2n) is 4.72. The Morgan fingerprint density at radius 1 is 1.12 bits per heavy atom. The Hall–Kier alpha value is -0.880. The Morgan fingerprint density at radius 3 is 2.42 bits per heavy atom. The van der Waals surface area contributed by atoms with Crippen LogP contribution in [0.2, 0.25) is 0 Å². The van der Waals surface area contributed by atoms with Gasteiger partial charge in [0.15, 0.2) is 11.6 Å². The first kappa shape index (κ1) is 19.4. The van der Waals surface area contributed by atoms with Crippen LogP contribution in [0, 0.1) is 21.0 Å². The first-order valence-electron chi connectivity index (χ1n) is 6.65. The maximum absolute atomic E-state index is 14.3. The maximum Gasteiger partial charge on any atom is 0.186 e. The monoisotopic (exact) mass is 517 g/mol. The van der Waals surface area contributed by atoms with E-state index in [0.717, 1.165) is 5.06 Å². The van der Waals surface area contributed by atoms with Gasteiger partial charge in [-0.3, -0.25) is 4.84 Å². The largest absolute Gasteiger partial charge is 0.394 e. The van der Waals surface area contributed by atoms with Crippen LogP contribution in [0.25, 0.3) is 0 Å². The highest BCUT2D eigenvalue weighted by atomic mass is 127. The summed E-state index contributed by atoms with van der Waals surface area (Å²) in [6, 6.07) is 6.54. The summed E-state index contributed by atoms with van der Waals surface area (Å²) < 4.78 is 42.8. The van der Waals surface area contributed by atoms with Crippen molar-refractivity contribution >= 4 is 49.9 Å². The standard InChI is InChI=1S/C15H12BrF3INO3/c16-10-2-4-13(15(19)14(10)18)21(24-7-9(23)6-22)12-3-1-8(20)5-11(12)17/h1-5,9,22-23H,6-7H2. The number of halogens is 5. The van der Waals surface area contributed by atoms with Crippen molar-refractivity contribution in [3.63, 3.8) is 0 Å².